The van der Waals surface area contributed by atoms with Gasteiger partial charge in [-0.2, -0.15) is 0 Å². The largest absolute Gasteiger partial charge is 0.327 e. The molecule has 0 fully saturated rings. The molecular formula is C42H30N2. The van der Waals surface area contributed by atoms with Gasteiger partial charge in [-0.3, -0.25) is 0 Å². The SMILES string of the molecule is Cn1c(-c2cccc3c(-c4ccccc4)c(-c4ccccc4)c(-c4ccccc4)c(-c4ccccc4)c23)nc2ccccc21. The van der Waals surface area contributed by atoms with Gasteiger partial charge in [-0.05, 0) is 62.0 Å². The van der Waals surface area contributed by atoms with Gasteiger partial charge in [-0.15, -0.1) is 0 Å². The van der Waals surface area contributed by atoms with E-state index in [-0.39, 0.29) is 0 Å². The van der Waals surface area contributed by atoms with E-state index in [1.807, 2.05) is 0 Å². The number of imidazole rings is 1. The molecule has 0 unspecified atom stereocenters. The molecule has 1 aromatic heterocycles. The Balaban J connectivity index is 1.66. The lowest BCUT2D eigenvalue weighted by molar-refractivity contribution is 0.961. The fourth-order valence-corrected chi connectivity index (χ4v) is 6.70. The molecule has 44 heavy (non-hydrogen) atoms. The smallest absolute Gasteiger partial charge is 0.141 e. The molecule has 0 N–H and O–H groups in total. The minimum absolute atomic E-state index is 0.958. The highest BCUT2D eigenvalue weighted by atomic mass is 15.1. The van der Waals surface area contributed by atoms with Crippen LogP contribution in [-0.4, -0.2) is 9.55 Å². The standard InChI is InChI=1S/C42H30N2/c1-44-36-28-15-14-27-35(36)43-42(44)34-26-16-25-33-37(29-17-6-2-7-18-29)38(30-19-8-3-9-20-30)39(31-21-10-4-11-22-31)40(41(33)34)32-23-12-5-13-24-32/h2-28H,1H3. The number of hydrogen-bond acceptors (Lipinski definition) is 1. The summed E-state index contributed by atoms with van der Waals surface area (Å²) in [6, 6.07) is 58.5. The Morgan fingerprint density at radius 1 is 0.409 bits per heavy atom. The van der Waals surface area contributed by atoms with Crippen LogP contribution in [0.15, 0.2) is 164 Å². The molecule has 0 amide bonds. The van der Waals surface area contributed by atoms with Gasteiger partial charge in [0.2, 0.25) is 0 Å². The zero-order valence-electron chi connectivity index (χ0n) is 24.5. The maximum atomic E-state index is 5.22. The Morgan fingerprint density at radius 3 is 1.41 bits per heavy atom. The Hall–Kier alpha value is -5.73. The van der Waals surface area contributed by atoms with E-state index in [2.05, 4.69) is 175 Å². The summed E-state index contributed by atoms with van der Waals surface area (Å²) in [6.07, 6.45) is 0. The normalized spacial score (nSPS) is 11.3. The van der Waals surface area contributed by atoms with E-state index in [0.29, 0.717) is 0 Å². The molecule has 0 aliphatic rings. The molecule has 2 heteroatoms. The zero-order chi connectivity index (χ0) is 29.5. The molecule has 8 rings (SSSR count). The third kappa shape index (κ3) is 4.23. The number of aromatic nitrogens is 2. The van der Waals surface area contributed by atoms with E-state index in [0.717, 1.165) is 22.4 Å². The third-order valence-electron chi connectivity index (χ3n) is 8.61. The number of fused-ring (bicyclic) bond motifs is 2. The number of rotatable bonds is 5. The minimum atomic E-state index is 0.958. The lowest BCUT2D eigenvalue weighted by Gasteiger charge is -2.25. The maximum absolute atomic E-state index is 5.22. The number of benzene rings is 7. The number of aryl methyl sites for hydroxylation is 1. The molecule has 0 aliphatic heterocycles. The van der Waals surface area contributed by atoms with Crippen molar-refractivity contribution in [3.05, 3.63) is 164 Å². The third-order valence-corrected chi connectivity index (χ3v) is 8.61. The van der Waals surface area contributed by atoms with Crippen molar-refractivity contribution in [2.45, 2.75) is 0 Å². The minimum Gasteiger partial charge on any atom is -0.327 e. The summed E-state index contributed by atoms with van der Waals surface area (Å²) < 4.78 is 2.23. The van der Waals surface area contributed by atoms with Crippen LogP contribution in [0.4, 0.5) is 0 Å². The second-order valence-corrected chi connectivity index (χ2v) is 11.2. The van der Waals surface area contributed by atoms with Crippen molar-refractivity contribution in [1.82, 2.24) is 9.55 Å². The number of para-hydroxylation sites is 2. The molecule has 0 atom stereocenters. The highest BCUT2D eigenvalue weighted by Crippen LogP contribution is 2.52. The average Bonchev–Trinajstić information content (AvgIpc) is 3.44. The van der Waals surface area contributed by atoms with Crippen LogP contribution in [0.25, 0.3) is 77.7 Å². The Bertz CT molecular complexity index is 2250. The zero-order valence-corrected chi connectivity index (χ0v) is 24.5. The molecule has 208 valence electrons. The molecule has 7 aromatic carbocycles. The summed E-state index contributed by atoms with van der Waals surface area (Å²) in [4.78, 5) is 5.22. The molecule has 0 spiro atoms. The van der Waals surface area contributed by atoms with E-state index in [4.69, 9.17) is 4.98 Å². The Kier molecular flexibility index (Phi) is 6.39. The summed E-state index contributed by atoms with van der Waals surface area (Å²) in [5.41, 5.74) is 12.9. The lowest BCUT2D eigenvalue weighted by atomic mass is 9.78. The van der Waals surface area contributed by atoms with Gasteiger partial charge in [0.1, 0.15) is 5.82 Å². The van der Waals surface area contributed by atoms with E-state index >= 15 is 0 Å². The van der Waals surface area contributed by atoms with Crippen molar-refractivity contribution in [2.24, 2.45) is 7.05 Å². The van der Waals surface area contributed by atoms with Crippen LogP contribution in [0.1, 0.15) is 0 Å². The molecule has 1 heterocycles. The van der Waals surface area contributed by atoms with Gasteiger partial charge in [0.25, 0.3) is 0 Å². The monoisotopic (exact) mass is 562 g/mol. The first kappa shape index (κ1) is 25.9. The first-order valence-electron chi connectivity index (χ1n) is 15.1. The highest BCUT2D eigenvalue weighted by molar-refractivity contribution is 6.21. The number of nitrogens with zero attached hydrogens (tertiary/aromatic N) is 2. The van der Waals surface area contributed by atoms with Crippen molar-refractivity contribution in [3.63, 3.8) is 0 Å². The van der Waals surface area contributed by atoms with Gasteiger partial charge in [-0.25, -0.2) is 4.98 Å². The van der Waals surface area contributed by atoms with Crippen LogP contribution in [0.5, 0.6) is 0 Å². The molecular weight excluding hydrogens is 532 g/mol. The van der Waals surface area contributed by atoms with Gasteiger partial charge in [-0.1, -0.05) is 152 Å². The van der Waals surface area contributed by atoms with Crippen molar-refractivity contribution >= 4 is 21.8 Å². The van der Waals surface area contributed by atoms with Gasteiger partial charge >= 0.3 is 0 Å². The summed E-state index contributed by atoms with van der Waals surface area (Å²) in [5.74, 6) is 0.958. The fraction of sp³-hybridized carbons (Fsp3) is 0.0238. The van der Waals surface area contributed by atoms with Crippen LogP contribution < -0.4 is 0 Å². The van der Waals surface area contributed by atoms with Crippen molar-refractivity contribution in [2.75, 3.05) is 0 Å². The molecule has 0 bridgehead atoms. The predicted octanol–water partition coefficient (Wildman–Crippen LogP) is 11.1. The molecule has 0 saturated carbocycles. The second kappa shape index (κ2) is 10.8. The predicted molar refractivity (Wildman–Crippen MR) is 185 cm³/mol. The van der Waals surface area contributed by atoms with E-state index in [9.17, 15) is 0 Å². The van der Waals surface area contributed by atoms with Crippen molar-refractivity contribution in [3.8, 4) is 55.9 Å². The van der Waals surface area contributed by atoms with E-state index in [1.54, 1.807) is 0 Å². The van der Waals surface area contributed by atoms with Crippen LogP contribution in [0.3, 0.4) is 0 Å². The highest BCUT2D eigenvalue weighted by Gasteiger charge is 2.26. The van der Waals surface area contributed by atoms with Crippen LogP contribution in [0.2, 0.25) is 0 Å². The van der Waals surface area contributed by atoms with Gasteiger partial charge in [0.05, 0.1) is 11.0 Å². The average molecular weight is 563 g/mol. The van der Waals surface area contributed by atoms with Crippen molar-refractivity contribution in [1.29, 1.82) is 0 Å². The fourth-order valence-electron chi connectivity index (χ4n) is 6.70. The molecule has 2 nitrogen and oxygen atoms in total. The Morgan fingerprint density at radius 2 is 0.864 bits per heavy atom. The second-order valence-electron chi connectivity index (χ2n) is 11.2. The van der Waals surface area contributed by atoms with Crippen molar-refractivity contribution < 1.29 is 0 Å². The van der Waals surface area contributed by atoms with Gasteiger partial charge in [0.15, 0.2) is 0 Å². The van der Waals surface area contributed by atoms with Crippen LogP contribution >= 0.6 is 0 Å². The summed E-state index contributed by atoms with van der Waals surface area (Å²) in [5, 5.41) is 2.41. The summed E-state index contributed by atoms with van der Waals surface area (Å²) in [7, 11) is 2.13. The van der Waals surface area contributed by atoms with Crippen LogP contribution in [-0.2, 0) is 7.05 Å². The topological polar surface area (TPSA) is 17.8 Å². The quantitative estimate of drug-likeness (QED) is 0.204. The molecule has 0 saturated heterocycles. The molecule has 0 aliphatic carbocycles. The Labute approximate surface area is 257 Å². The van der Waals surface area contributed by atoms with Gasteiger partial charge in [0, 0.05) is 18.0 Å². The first-order valence-corrected chi connectivity index (χ1v) is 15.1. The summed E-state index contributed by atoms with van der Waals surface area (Å²) in [6.45, 7) is 0. The van der Waals surface area contributed by atoms with E-state index in [1.165, 1.54) is 55.3 Å². The summed E-state index contributed by atoms with van der Waals surface area (Å²) >= 11 is 0. The maximum Gasteiger partial charge on any atom is 0.141 e. The number of hydrogen-bond donors (Lipinski definition) is 0. The molecule has 8 aromatic rings. The van der Waals surface area contributed by atoms with Crippen LogP contribution in [0, 0.1) is 0 Å². The first-order chi connectivity index (χ1) is 21.8. The lowest BCUT2D eigenvalue weighted by Crippen LogP contribution is -2.00. The van der Waals surface area contributed by atoms with Gasteiger partial charge < -0.3 is 4.57 Å². The molecule has 0 radical (unpaired) electrons. The van der Waals surface area contributed by atoms with E-state index < -0.39 is 0 Å².